The van der Waals surface area contributed by atoms with Gasteiger partial charge in [-0.05, 0) is 25.1 Å². The minimum Gasteiger partial charge on any atom is -0.491 e. The van der Waals surface area contributed by atoms with E-state index in [0.29, 0.717) is 12.3 Å². The van der Waals surface area contributed by atoms with Crippen molar-refractivity contribution >= 4 is 27.5 Å². The number of ether oxygens (including phenoxy) is 3. The Hall–Kier alpha value is -2.37. The normalized spacial score (nSPS) is 22.9. The summed E-state index contributed by atoms with van der Waals surface area (Å²) < 4.78 is 42.3. The second kappa shape index (κ2) is 11.0. The van der Waals surface area contributed by atoms with Crippen molar-refractivity contribution in [2.75, 3.05) is 58.5 Å². The van der Waals surface area contributed by atoms with E-state index in [1.165, 1.54) is 24.1 Å². The molecule has 3 atom stereocenters. The Kier molecular flexibility index (Phi) is 8.88. The number of methoxy groups -OCH3 is 2. The second-order valence-electron chi connectivity index (χ2n) is 8.16. The van der Waals surface area contributed by atoms with Crippen LogP contribution in [0.25, 0.3) is 0 Å². The Morgan fingerprint density at radius 3 is 2.53 bits per heavy atom. The topological polar surface area (TPSA) is 114 Å². The molecule has 0 radical (unpaired) electrons. The summed E-state index contributed by atoms with van der Waals surface area (Å²) in [5.41, 5.74) is 0.469. The van der Waals surface area contributed by atoms with E-state index in [2.05, 4.69) is 4.72 Å². The summed E-state index contributed by atoms with van der Waals surface area (Å²) in [7, 11) is 1.16. The van der Waals surface area contributed by atoms with Crippen LogP contribution in [-0.4, -0.2) is 96.0 Å². The minimum absolute atomic E-state index is 0.0514. The van der Waals surface area contributed by atoms with Gasteiger partial charge in [-0.15, -0.1) is 0 Å². The van der Waals surface area contributed by atoms with Gasteiger partial charge < -0.3 is 24.0 Å². The summed E-state index contributed by atoms with van der Waals surface area (Å²) in [6.07, 6.45) is 0.713. The van der Waals surface area contributed by atoms with Gasteiger partial charge in [0, 0.05) is 46.0 Å². The van der Waals surface area contributed by atoms with Gasteiger partial charge in [0.2, 0.25) is 15.9 Å². The Morgan fingerprint density at radius 2 is 1.94 bits per heavy atom. The number of hydrogen-bond acceptors (Lipinski definition) is 7. The van der Waals surface area contributed by atoms with Crippen LogP contribution in [0.4, 0.5) is 5.69 Å². The lowest BCUT2D eigenvalue weighted by Gasteiger charge is -2.36. The average molecular weight is 472 g/mol. The van der Waals surface area contributed by atoms with E-state index in [4.69, 9.17) is 14.2 Å². The Balaban J connectivity index is 2.47. The molecule has 180 valence electrons. The fourth-order valence-electron chi connectivity index (χ4n) is 3.61. The van der Waals surface area contributed by atoms with Crippen molar-refractivity contribution in [3.8, 4) is 5.75 Å². The highest BCUT2D eigenvalue weighted by molar-refractivity contribution is 7.92. The molecule has 1 aliphatic rings. The fourth-order valence-corrected chi connectivity index (χ4v) is 4.16. The van der Waals surface area contributed by atoms with Crippen molar-refractivity contribution in [1.82, 2.24) is 9.80 Å². The van der Waals surface area contributed by atoms with Gasteiger partial charge in [0.25, 0.3) is 5.91 Å². The van der Waals surface area contributed by atoms with E-state index in [9.17, 15) is 18.0 Å². The molecule has 1 aromatic carbocycles. The van der Waals surface area contributed by atoms with E-state index >= 15 is 0 Å². The van der Waals surface area contributed by atoms with Crippen LogP contribution in [0, 0.1) is 5.92 Å². The number of amides is 2. The number of fused-ring (bicyclic) bond motifs is 1. The number of sulfonamides is 1. The van der Waals surface area contributed by atoms with Crippen molar-refractivity contribution < 1.29 is 32.2 Å². The molecule has 0 saturated heterocycles. The minimum atomic E-state index is -3.52. The van der Waals surface area contributed by atoms with Crippen LogP contribution in [0.2, 0.25) is 0 Å². The van der Waals surface area contributed by atoms with Gasteiger partial charge in [0.1, 0.15) is 19.0 Å². The summed E-state index contributed by atoms with van der Waals surface area (Å²) in [5.74, 6) is -0.267. The molecule has 1 heterocycles. The highest BCUT2D eigenvalue weighted by Crippen LogP contribution is 2.26. The Morgan fingerprint density at radius 1 is 1.25 bits per heavy atom. The van der Waals surface area contributed by atoms with E-state index in [0.717, 1.165) is 6.26 Å². The maximum absolute atomic E-state index is 13.2. The van der Waals surface area contributed by atoms with Crippen LogP contribution in [-0.2, 0) is 24.3 Å². The van der Waals surface area contributed by atoms with E-state index < -0.39 is 10.0 Å². The van der Waals surface area contributed by atoms with Crippen molar-refractivity contribution in [2.24, 2.45) is 5.92 Å². The van der Waals surface area contributed by atoms with Crippen LogP contribution in [0.3, 0.4) is 0 Å². The van der Waals surface area contributed by atoms with Gasteiger partial charge in [-0.1, -0.05) is 6.92 Å². The van der Waals surface area contributed by atoms with Gasteiger partial charge in [0.15, 0.2) is 0 Å². The van der Waals surface area contributed by atoms with E-state index in [1.807, 2.05) is 13.8 Å². The molecule has 11 heteroatoms. The molecule has 2 rings (SSSR count). The van der Waals surface area contributed by atoms with Crippen LogP contribution >= 0.6 is 0 Å². The number of nitrogens with one attached hydrogen (secondary N) is 1. The first-order valence-corrected chi connectivity index (χ1v) is 12.2. The van der Waals surface area contributed by atoms with Crippen LogP contribution in [0.15, 0.2) is 18.2 Å². The number of likely N-dealkylation sites (N-methyl/N-ethyl adjacent to an activating group) is 1. The number of rotatable bonds is 5. The van der Waals surface area contributed by atoms with Crippen molar-refractivity contribution in [2.45, 2.75) is 26.0 Å². The molecule has 32 heavy (non-hydrogen) atoms. The summed E-state index contributed by atoms with van der Waals surface area (Å²) in [5, 5.41) is 0. The molecular weight excluding hydrogens is 438 g/mol. The first-order chi connectivity index (χ1) is 15.0. The third kappa shape index (κ3) is 6.81. The molecule has 0 saturated carbocycles. The lowest BCUT2D eigenvalue weighted by atomic mass is 10.0. The third-order valence-corrected chi connectivity index (χ3v) is 5.94. The number of hydrogen-bond donors (Lipinski definition) is 1. The highest BCUT2D eigenvalue weighted by Gasteiger charge is 2.30. The summed E-state index contributed by atoms with van der Waals surface area (Å²) in [6, 6.07) is 4.22. The number of carbonyl (C=O) groups excluding carboxylic acids is 2. The van der Waals surface area contributed by atoms with Gasteiger partial charge in [-0.25, -0.2) is 8.42 Å². The molecule has 0 aromatic heterocycles. The third-order valence-electron chi connectivity index (χ3n) is 5.34. The largest absolute Gasteiger partial charge is 0.491 e. The number of benzene rings is 1. The molecule has 1 aliphatic heterocycles. The Labute approximate surface area is 189 Å². The monoisotopic (exact) mass is 471 g/mol. The SMILES string of the molecule is COCC(=O)N1C[C@@H](C)[C@@H](OC)CN(C)C(=O)c2cc(NS(C)(=O)=O)ccc2OC[C@@H]1C. The van der Waals surface area contributed by atoms with Crippen LogP contribution in [0.5, 0.6) is 5.75 Å². The first kappa shape index (κ1) is 25.9. The van der Waals surface area contributed by atoms with E-state index in [1.54, 1.807) is 25.1 Å². The number of nitrogens with zero attached hydrogens (tertiary/aromatic N) is 2. The number of carbonyl (C=O) groups is 2. The highest BCUT2D eigenvalue weighted by atomic mass is 32.2. The van der Waals surface area contributed by atoms with Crippen molar-refractivity contribution in [3.63, 3.8) is 0 Å². The predicted molar refractivity (Wildman–Crippen MR) is 120 cm³/mol. The van der Waals surface area contributed by atoms with Crippen molar-refractivity contribution in [3.05, 3.63) is 23.8 Å². The zero-order chi connectivity index (χ0) is 24.1. The lowest BCUT2D eigenvalue weighted by Crippen LogP contribution is -2.49. The molecule has 1 aromatic rings. The molecule has 2 amide bonds. The van der Waals surface area contributed by atoms with Crippen molar-refractivity contribution in [1.29, 1.82) is 0 Å². The molecule has 0 fully saturated rings. The zero-order valence-electron chi connectivity index (χ0n) is 19.5. The summed E-state index contributed by atoms with van der Waals surface area (Å²) in [4.78, 5) is 29.1. The van der Waals surface area contributed by atoms with Gasteiger partial charge in [0.05, 0.1) is 24.0 Å². The first-order valence-electron chi connectivity index (χ1n) is 10.3. The average Bonchev–Trinajstić information content (AvgIpc) is 2.71. The van der Waals surface area contributed by atoms with E-state index in [-0.39, 0.29) is 60.9 Å². The maximum atomic E-state index is 13.2. The Bertz CT molecular complexity index is 922. The maximum Gasteiger partial charge on any atom is 0.257 e. The van der Waals surface area contributed by atoms with Crippen LogP contribution < -0.4 is 9.46 Å². The molecule has 0 spiro atoms. The summed E-state index contributed by atoms with van der Waals surface area (Å²) >= 11 is 0. The molecule has 1 N–H and O–H groups in total. The quantitative estimate of drug-likeness (QED) is 0.682. The fraction of sp³-hybridized carbons (Fsp3) is 0.619. The molecule has 0 bridgehead atoms. The molecule has 0 unspecified atom stereocenters. The molecular formula is C21H33N3O7S. The summed E-state index contributed by atoms with van der Waals surface area (Å²) in [6.45, 7) is 4.60. The lowest BCUT2D eigenvalue weighted by molar-refractivity contribution is -0.139. The predicted octanol–water partition coefficient (Wildman–Crippen LogP) is 1.04. The zero-order valence-corrected chi connectivity index (χ0v) is 20.3. The number of anilines is 1. The molecule has 10 nitrogen and oxygen atoms in total. The standard InChI is InChI=1S/C21H33N3O7S/c1-14-10-24(20(25)13-29-4)15(2)12-31-18-8-7-16(22-32(6,27)28)9-17(18)21(26)23(3)11-19(14)30-5/h7-9,14-15,19,22H,10-13H2,1-6H3/t14-,15+,19+/m1/s1. The van der Waals surface area contributed by atoms with Gasteiger partial charge in [-0.3, -0.25) is 14.3 Å². The second-order valence-corrected chi connectivity index (χ2v) is 9.91. The smallest absolute Gasteiger partial charge is 0.257 e. The molecule has 0 aliphatic carbocycles. The van der Waals surface area contributed by atoms with Gasteiger partial charge >= 0.3 is 0 Å². The van der Waals surface area contributed by atoms with Crippen LogP contribution in [0.1, 0.15) is 24.2 Å². The van der Waals surface area contributed by atoms with Gasteiger partial charge in [-0.2, -0.15) is 0 Å².